The first kappa shape index (κ1) is 11.5. The summed E-state index contributed by atoms with van der Waals surface area (Å²) in [5.41, 5.74) is 2.31. The van der Waals surface area contributed by atoms with Crippen molar-refractivity contribution in [2.75, 3.05) is 24.3 Å². The van der Waals surface area contributed by atoms with Crippen molar-refractivity contribution in [2.45, 2.75) is 6.54 Å². The molecule has 0 spiro atoms. The summed E-state index contributed by atoms with van der Waals surface area (Å²) >= 11 is 0. The van der Waals surface area contributed by atoms with Crippen molar-refractivity contribution in [3.8, 4) is 0 Å². The first-order valence-electron chi connectivity index (χ1n) is 5.65. The van der Waals surface area contributed by atoms with E-state index in [1.165, 1.54) is 5.69 Å². The largest absolute Gasteiger partial charge is 0.376 e. The van der Waals surface area contributed by atoms with Crippen molar-refractivity contribution in [3.63, 3.8) is 0 Å². The van der Waals surface area contributed by atoms with E-state index >= 15 is 0 Å². The molecule has 0 aliphatic heterocycles. The molecule has 0 unspecified atom stereocenters. The lowest BCUT2D eigenvalue weighted by Crippen LogP contribution is -2.13. The molecular weight excluding hydrogens is 212 g/mol. The van der Waals surface area contributed by atoms with Gasteiger partial charge in [0.15, 0.2) is 0 Å². The summed E-state index contributed by atoms with van der Waals surface area (Å²) in [7, 11) is 6.09. The number of hydrogen-bond donors (Lipinski definition) is 1. The molecule has 1 aromatic carbocycles. The van der Waals surface area contributed by atoms with Crippen LogP contribution in [0.5, 0.6) is 0 Å². The number of anilines is 2. The van der Waals surface area contributed by atoms with Gasteiger partial charge in [0.25, 0.3) is 0 Å². The van der Waals surface area contributed by atoms with E-state index in [0.717, 1.165) is 18.1 Å². The third-order valence-electron chi connectivity index (χ3n) is 2.74. The molecule has 0 radical (unpaired) electrons. The molecule has 1 heterocycles. The lowest BCUT2D eigenvalue weighted by atomic mass is 10.2. The zero-order chi connectivity index (χ0) is 12.3. The summed E-state index contributed by atoms with van der Waals surface area (Å²) in [6, 6.07) is 8.26. The van der Waals surface area contributed by atoms with Crippen LogP contribution < -0.4 is 10.2 Å². The normalized spacial score (nSPS) is 10.3. The van der Waals surface area contributed by atoms with Gasteiger partial charge in [0, 0.05) is 33.5 Å². The van der Waals surface area contributed by atoms with Crippen molar-refractivity contribution in [1.82, 2.24) is 9.55 Å². The zero-order valence-electron chi connectivity index (χ0n) is 10.5. The molecule has 4 heteroatoms. The minimum Gasteiger partial charge on any atom is -0.376 e. The smallest absolute Gasteiger partial charge is 0.127 e. The van der Waals surface area contributed by atoms with Crippen LogP contribution in [0.1, 0.15) is 5.82 Å². The maximum absolute atomic E-state index is 4.29. The third-order valence-corrected chi connectivity index (χ3v) is 2.74. The van der Waals surface area contributed by atoms with Gasteiger partial charge >= 0.3 is 0 Å². The van der Waals surface area contributed by atoms with Crippen LogP contribution >= 0.6 is 0 Å². The van der Waals surface area contributed by atoms with Crippen LogP contribution in [-0.2, 0) is 13.6 Å². The second-order valence-electron chi connectivity index (χ2n) is 4.22. The maximum Gasteiger partial charge on any atom is 0.127 e. The Hall–Kier alpha value is -1.97. The second kappa shape index (κ2) is 4.91. The number of nitrogens with zero attached hydrogens (tertiary/aromatic N) is 3. The topological polar surface area (TPSA) is 33.1 Å². The molecule has 4 nitrogen and oxygen atoms in total. The van der Waals surface area contributed by atoms with Gasteiger partial charge in [-0.15, -0.1) is 0 Å². The van der Waals surface area contributed by atoms with E-state index in [9.17, 15) is 0 Å². The van der Waals surface area contributed by atoms with E-state index in [1.54, 1.807) is 0 Å². The van der Waals surface area contributed by atoms with Gasteiger partial charge in [-0.1, -0.05) is 12.1 Å². The van der Waals surface area contributed by atoms with Gasteiger partial charge in [-0.2, -0.15) is 0 Å². The number of aryl methyl sites for hydroxylation is 1. The number of rotatable bonds is 4. The summed E-state index contributed by atoms with van der Waals surface area (Å²) in [6.45, 7) is 0.731. The molecule has 2 rings (SSSR count). The van der Waals surface area contributed by atoms with Gasteiger partial charge in [-0.25, -0.2) is 4.98 Å². The van der Waals surface area contributed by atoms with Crippen LogP contribution in [0, 0.1) is 0 Å². The van der Waals surface area contributed by atoms with Crippen LogP contribution in [0.4, 0.5) is 11.4 Å². The SMILES string of the molecule is CN(C)c1ccccc1NCc1nccn1C. The first-order chi connectivity index (χ1) is 8.18. The molecule has 1 N–H and O–H groups in total. The van der Waals surface area contributed by atoms with Gasteiger partial charge in [0.2, 0.25) is 0 Å². The van der Waals surface area contributed by atoms with Crippen LogP contribution in [0.25, 0.3) is 0 Å². The molecule has 0 saturated heterocycles. The van der Waals surface area contributed by atoms with Crippen LogP contribution in [0.15, 0.2) is 36.7 Å². The fourth-order valence-electron chi connectivity index (χ4n) is 1.75. The molecule has 0 aliphatic carbocycles. The minimum atomic E-state index is 0.731. The molecule has 0 saturated carbocycles. The Morgan fingerprint density at radius 1 is 1.29 bits per heavy atom. The first-order valence-corrected chi connectivity index (χ1v) is 5.65. The lowest BCUT2D eigenvalue weighted by Gasteiger charge is -2.18. The minimum absolute atomic E-state index is 0.731. The number of imidazole rings is 1. The lowest BCUT2D eigenvalue weighted by molar-refractivity contribution is 0.812. The highest BCUT2D eigenvalue weighted by Crippen LogP contribution is 2.23. The average Bonchev–Trinajstić information content (AvgIpc) is 2.72. The number of aromatic nitrogens is 2. The van der Waals surface area contributed by atoms with Crippen molar-refractivity contribution in [3.05, 3.63) is 42.5 Å². The average molecular weight is 230 g/mol. The Morgan fingerprint density at radius 3 is 2.71 bits per heavy atom. The number of hydrogen-bond acceptors (Lipinski definition) is 3. The highest BCUT2D eigenvalue weighted by Gasteiger charge is 2.04. The second-order valence-corrected chi connectivity index (χ2v) is 4.22. The van der Waals surface area contributed by atoms with E-state index in [2.05, 4.69) is 27.3 Å². The van der Waals surface area contributed by atoms with Crippen molar-refractivity contribution in [2.24, 2.45) is 7.05 Å². The van der Waals surface area contributed by atoms with Crippen LogP contribution in [-0.4, -0.2) is 23.6 Å². The van der Waals surface area contributed by atoms with E-state index < -0.39 is 0 Å². The molecule has 0 atom stereocenters. The predicted molar refractivity (Wildman–Crippen MR) is 71.3 cm³/mol. The highest BCUT2D eigenvalue weighted by atomic mass is 15.1. The van der Waals surface area contributed by atoms with Crippen LogP contribution in [0.3, 0.4) is 0 Å². The maximum atomic E-state index is 4.29. The molecular formula is C13H18N4. The van der Waals surface area contributed by atoms with Gasteiger partial charge in [-0.05, 0) is 12.1 Å². The van der Waals surface area contributed by atoms with Crippen molar-refractivity contribution in [1.29, 1.82) is 0 Å². The van der Waals surface area contributed by atoms with Crippen LogP contribution in [0.2, 0.25) is 0 Å². The molecule has 0 aliphatic rings. The van der Waals surface area contributed by atoms with Gasteiger partial charge < -0.3 is 14.8 Å². The molecule has 90 valence electrons. The standard InChI is InChI=1S/C13H18N4/c1-16(2)12-7-5-4-6-11(12)15-10-13-14-8-9-17(13)3/h4-9,15H,10H2,1-3H3. The molecule has 0 fully saturated rings. The number of benzene rings is 1. The summed E-state index contributed by atoms with van der Waals surface area (Å²) in [5.74, 6) is 1.03. The highest BCUT2D eigenvalue weighted by molar-refractivity contribution is 5.69. The summed E-state index contributed by atoms with van der Waals surface area (Å²) in [6.07, 6.45) is 3.77. The quantitative estimate of drug-likeness (QED) is 0.873. The fraction of sp³-hybridized carbons (Fsp3) is 0.308. The Morgan fingerprint density at radius 2 is 2.06 bits per heavy atom. The van der Waals surface area contributed by atoms with E-state index in [-0.39, 0.29) is 0 Å². The number of nitrogens with one attached hydrogen (secondary N) is 1. The summed E-state index contributed by atoms with van der Waals surface area (Å²) < 4.78 is 2.02. The molecule has 0 amide bonds. The molecule has 2 aromatic rings. The Kier molecular flexibility index (Phi) is 3.32. The fourth-order valence-corrected chi connectivity index (χ4v) is 1.75. The van der Waals surface area contributed by atoms with Gasteiger partial charge in [0.05, 0.1) is 17.9 Å². The van der Waals surface area contributed by atoms with E-state index in [1.807, 2.05) is 50.2 Å². The van der Waals surface area contributed by atoms with E-state index in [4.69, 9.17) is 0 Å². The van der Waals surface area contributed by atoms with Gasteiger partial charge in [0.1, 0.15) is 5.82 Å². The van der Waals surface area contributed by atoms with Crippen molar-refractivity contribution < 1.29 is 0 Å². The zero-order valence-corrected chi connectivity index (χ0v) is 10.5. The summed E-state index contributed by atoms with van der Waals surface area (Å²) in [5, 5.41) is 3.41. The molecule has 17 heavy (non-hydrogen) atoms. The molecule has 1 aromatic heterocycles. The molecule has 0 bridgehead atoms. The Labute approximate surface area is 102 Å². The van der Waals surface area contributed by atoms with Gasteiger partial charge in [-0.3, -0.25) is 0 Å². The van der Waals surface area contributed by atoms with Crippen molar-refractivity contribution >= 4 is 11.4 Å². The third kappa shape index (κ3) is 2.58. The summed E-state index contributed by atoms with van der Waals surface area (Å²) in [4.78, 5) is 6.39. The Balaban J connectivity index is 2.11. The number of para-hydroxylation sites is 2. The predicted octanol–water partition coefficient (Wildman–Crippen LogP) is 2.10. The van der Waals surface area contributed by atoms with E-state index in [0.29, 0.717) is 0 Å². The Bertz CT molecular complexity index is 488. The monoisotopic (exact) mass is 230 g/mol.